The van der Waals surface area contributed by atoms with Crippen molar-refractivity contribution < 1.29 is 0 Å². The Morgan fingerprint density at radius 3 is 2.24 bits per heavy atom. The molecule has 0 spiro atoms. The molecule has 1 aliphatic rings. The topological polar surface area (TPSA) is 51.2 Å². The SMILES string of the molecule is CCn1c(=S)n(CN2CCN(c3cnn(-c4ccccc4)c(=O)c3Cl)CC2)c2ccccc21. The Balaban J connectivity index is 1.33. The van der Waals surface area contributed by atoms with Crippen LogP contribution in [0.3, 0.4) is 0 Å². The Labute approximate surface area is 202 Å². The first kappa shape index (κ1) is 21.9. The van der Waals surface area contributed by atoms with Gasteiger partial charge in [-0.15, -0.1) is 0 Å². The summed E-state index contributed by atoms with van der Waals surface area (Å²) < 4.78 is 6.57. The van der Waals surface area contributed by atoms with E-state index < -0.39 is 0 Å². The lowest BCUT2D eigenvalue weighted by Gasteiger charge is -2.36. The molecule has 5 rings (SSSR count). The highest BCUT2D eigenvalue weighted by molar-refractivity contribution is 7.71. The molecule has 0 amide bonds. The van der Waals surface area contributed by atoms with Crippen LogP contribution < -0.4 is 10.5 Å². The van der Waals surface area contributed by atoms with Gasteiger partial charge in [-0.2, -0.15) is 9.78 Å². The first-order valence-electron chi connectivity index (χ1n) is 11.1. The second-order valence-corrected chi connectivity index (χ2v) is 8.83. The molecule has 0 saturated carbocycles. The molecule has 4 aromatic rings. The normalized spacial score (nSPS) is 14.8. The fourth-order valence-corrected chi connectivity index (χ4v) is 5.07. The van der Waals surface area contributed by atoms with Crippen molar-refractivity contribution in [3.8, 4) is 5.69 Å². The summed E-state index contributed by atoms with van der Waals surface area (Å²) in [5.74, 6) is 0. The van der Waals surface area contributed by atoms with E-state index in [2.05, 4.69) is 55.2 Å². The molecule has 2 aromatic heterocycles. The largest absolute Gasteiger partial charge is 0.366 e. The number of piperazine rings is 1. The standard InChI is InChI=1S/C24H25ClN6OS/c1-2-29-19-10-6-7-11-20(19)30(24(29)33)17-27-12-14-28(15-13-27)21-16-26-31(23(32)22(21)25)18-8-4-3-5-9-18/h3-11,16H,2,12-15,17H2,1H3. The molecule has 7 nitrogen and oxygen atoms in total. The predicted octanol–water partition coefficient (Wildman–Crippen LogP) is 4.17. The lowest BCUT2D eigenvalue weighted by atomic mass is 10.3. The van der Waals surface area contributed by atoms with Crippen LogP contribution in [0.15, 0.2) is 65.6 Å². The minimum atomic E-state index is -0.304. The summed E-state index contributed by atoms with van der Waals surface area (Å²) in [4.78, 5) is 17.4. The van der Waals surface area contributed by atoms with Crippen LogP contribution in [0.2, 0.25) is 5.02 Å². The second kappa shape index (κ2) is 9.13. The molecule has 2 aromatic carbocycles. The van der Waals surface area contributed by atoms with E-state index in [4.69, 9.17) is 23.8 Å². The number of aromatic nitrogens is 4. The monoisotopic (exact) mass is 480 g/mol. The zero-order valence-corrected chi connectivity index (χ0v) is 20.0. The number of imidazole rings is 1. The minimum Gasteiger partial charge on any atom is -0.366 e. The van der Waals surface area contributed by atoms with Gasteiger partial charge in [0.2, 0.25) is 0 Å². The van der Waals surface area contributed by atoms with E-state index >= 15 is 0 Å². The number of aryl methyl sites for hydroxylation is 1. The van der Waals surface area contributed by atoms with E-state index in [1.54, 1.807) is 6.20 Å². The molecule has 1 aliphatic heterocycles. The third-order valence-corrected chi connectivity index (χ3v) is 6.99. The molecule has 0 atom stereocenters. The Morgan fingerprint density at radius 1 is 0.939 bits per heavy atom. The van der Waals surface area contributed by atoms with Crippen molar-refractivity contribution in [1.82, 2.24) is 23.8 Å². The van der Waals surface area contributed by atoms with Gasteiger partial charge in [0.05, 0.1) is 35.3 Å². The second-order valence-electron chi connectivity index (χ2n) is 8.09. The van der Waals surface area contributed by atoms with Crippen LogP contribution in [0.1, 0.15) is 6.92 Å². The molecular weight excluding hydrogens is 456 g/mol. The molecule has 9 heteroatoms. The summed E-state index contributed by atoms with van der Waals surface area (Å²) in [6.07, 6.45) is 1.69. The number of anilines is 1. The van der Waals surface area contributed by atoms with Crippen molar-refractivity contribution in [1.29, 1.82) is 0 Å². The van der Waals surface area contributed by atoms with E-state index in [1.165, 1.54) is 10.2 Å². The van der Waals surface area contributed by atoms with Crippen LogP contribution in [0.25, 0.3) is 16.7 Å². The molecule has 33 heavy (non-hydrogen) atoms. The Morgan fingerprint density at radius 2 is 1.58 bits per heavy atom. The zero-order valence-electron chi connectivity index (χ0n) is 18.4. The maximum atomic E-state index is 12.8. The van der Waals surface area contributed by atoms with E-state index in [-0.39, 0.29) is 10.6 Å². The van der Waals surface area contributed by atoms with Gasteiger partial charge in [-0.3, -0.25) is 9.69 Å². The maximum Gasteiger partial charge on any atom is 0.292 e. The van der Waals surface area contributed by atoms with Gasteiger partial charge < -0.3 is 14.0 Å². The lowest BCUT2D eigenvalue weighted by Crippen LogP contribution is -2.47. The summed E-state index contributed by atoms with van der Waals surface area (Å²) in [7, 11) is 0. The Bertz CT molecular complexity index is 1400. The number of rotatable bonds is 5. The van der Waals surface area contributed by atoms with Gasteiger partial charge in [0.1, 0.15) is 5.02 Å². The Kier molecular flexibility index (Phi) is 6.05. The van der Waals surface area contributed by atoms with Crippen LogP contribution in [0.5, 0.6) is 0 Å². The minimum absolute atomic E-state index is 0.204. The van der Waals surface area contributed by atoms with Crippen molar-refractivity contribution in [3.05, 3.63) is 80.9 Å². The number of nitrogens with zero attached hydrogens (tertiary/aromatic N) is 6. The van der Waals surface area contributed by atoms with Crippen molar-refractivity contribution in [2.24, 2.45) is 0 Å². The average molecular weight is 481 g/mol. The highest BCUT2D eigenvalue weighted by Crippen LogP contribution is 2.24. The third-order valence-electron chi connectivity index (χ3n) is 6.20. The van der Waals surface area contributed by atoms with Crippen LogP contribution in [-0.4, -0.2) is 50.0 Å². The van der Waals surface area contributed by atoms with Gasteiger partial charge in [-0.1, -0.05) is 41.9 Å². The lowest BCUT2D eigenvalue weighted by molar-refractivity contribution is 0.207. The molecule has 0 aliphatic carbocycles. The highest BCUT2D eigenvalue weighted by Gasteiger charge is 2.22. The fourth-order valence-electron chi connectivity index (χ4n) is 4.44. The number of halogens is 1. The highest BCUT2D eigenvalue weighted by atomic mass is 35.5. The fraction of sp³-hybridized carbons (Fsp3) is 0.292. The molecule has 0 unspecified atom stereocenters. The van der Waals surface area contributed by atoms with Crippen molar-refractivity contribution >= 4 is 40.5 Å². The quantitative estimate of drug-likeness (QED) is 0.401. The van der Waals surface area contributed by atoms with Crippen molar-refractivity contribution in [2.45, 2.75) is 20.1 Å². The molecule has 0 bridgehead atoms. The summed E-state index contributed by atoms with van der Waals surface area (Å²) >= 11 is 12.3. The van der Waals surface area contributed by atoms with E-state index in [0.29, 0.717) is 11.4 Å². The zero-order chi connectivity index (χ0) is 22.9. The molecule has 0 radical (unpaired) electrons. The van der Waals surface area contributed by atoms with Crippen LogP contribution in [0.4, 0.5) is 5.69 Å². The summed E-state index contributed by atoms with van der Waals surface area (Å²) in [5, 5.41) is 4.58. The third kappa shape index (κ3) is 3.99. The van der Waals surface area contributed by atoms with Crippen molar-refractivity contribution in [2.75, 3.05) is 31.1 Å². The molecule has 1 fully saturated rings. The van der Waals surface area contributed by atoms with Crippen LogP contribution >= 0.6 is 23.8 Å². The van der Waals surface area contributed by atoms with Crippen molar-refractivity contribution in [3.63, 3.8) is 0 Å². The average Bonchev–Trinajstić information content (AvgIpc) is 3.12. The molecule has 3 heterocycles. The number of hydrogen-bond donors (Lipinski definition) is 0. The molecular formula is C24H25ClN6OS. The number of fused-ring (bicyclic) bond motifs is 1. The van der Waals surface area contributed by atoms with Gasteiger partial charge in [0, 0.05) is 32.7 Å². The summed E-state index contributed by atoms with van der Waals surface area (Å²) in [5.41, 5.74) is 3.40. The molecule has 1 saturated heterocycles. The van der Waals surface area contributed by atoms with Crippen LogP contribution in [0, 0.1) is 4.77 Å². The molecule has 170 valence electrons. The van der Waals surface area contributed by atoms with Gasteiger partial charge in [-0.05, 0) is 43.4 Å². The smallest absolute Gasteiger partial charge is 0.292 e. The Hall–Kier alpha value is -2.94. The van der Waals surface area contributed by atoms with Gasteiger partial charge in [0.25, 0.3) is 5.56 Å². The maximum absolute atomic E-state index is 12.8. The first-order chi connectivity index (χ1) is 16.1. The van der Waals surface area contributed by atoms with Gasteiger partial charge >= 0.3 is 0 Å². The summed E-state index contributed by atoms with van der Waals surface area (Å²) in [6, 6.07) is 17.7. The summed E-state index contributed by atoms with van der Waals surface area (Å²) in [6.45, 7) is 6.90. The number of para-hydroxylation sites is 3. The van der Waals surface area contributed by atoms with Crippen LogP contribution in [-0.2, 0) is 13.2 Å². The predicted molar refractivity (Wildman–Crippen MR) is 135 cm³/mol. The van der Waals surface area contributed by atoms with Gasteiger partial charge in [0.15, 0.2) is 4.77 Å². The number of benzene rings is 2. The van der Waals surface area contributed by atoms with E-state index in [0.717, 1.165) is 49.7 Å². The van der Waals surface area contributed by atoms with E-state index in [9.17, 15) is 4.79 Å². The van der Waals surface area contributed by atoms with Gasteiger partial charge in [-0.25, -0.2) is 0 Å². The van der Waals surface area contributed by atoms with E-state index in [1.807, 2.05) is 30.3 Å². The molecule has 0 N–H and O–H groups in total. The number of hydrogen-bond acceptors (Lipinski definition) is 5. The first-order valence-corrected chi connectivity index (χ1v) is 11.9.